The minimum Gasteiger partial charge on any atom is -0.465 e. The molecule has 3 aromatic carbocycles. The zero-order valence-corrected chi connectivity index (χ0v) is 22.9. The van der Waals surface area contributed by atoms with Gasteiger partial charge < -0.3 is 19.6 Å². The molecule has 2 N–H and O–H groups in total. The molecular formula is C32H31N3O7. The van der Waals surface area contributed by atoms with Crippen LogP contribution in [0.5, 0.6) is 0 Å². The van der Waals surface area contributed by atoms with Crippen LogP contribution in [0.3, 0.4) is 0 Å². The Morgan fingerprint density at radius 2 is 1.43 bits per heavy atom. The lowest BCUT2D eigenvalue weighted by atomic mass is 9.94. The standard InChI is InChI=1S/C32H31N3O7/c36-29(33-42-30(37)20-13-15-34(16-14-20)31(38)39)28-17-21-7-1-2-8-22(21)18-35(28)32(40)41-19-27-25-11-5-3-9-23(25)24-10-4-6-12-26(24)27/h1-12,20,27-28H,13-19H2,(H,33,36)(H,38,39). The molecule has 2 heterocycles. The minimum atomic E-state index is -1.03. The number of piperidine rings is 1. The van der Waals surface area contributed by atoms with E-state index in [0.29, 0.717) is 12.8 Å². The second-order valence-corrected chi connectivity index (χ2v) is 10.9. The van der Waals surface area contributed by atoms with Crippen LogP contribution in [0.15, 0.2) is 72.8 Å². The second-order valence-electron chi connectivity index (χ2n) is 10.9. The Balaban J connectivity index is 1.13. The van der Waals surface area contributed by atoms with Gasteiger partial charge in [-0.2, -0.15) is 5.48 Å². The summed E-state index contributed by atoms with van der Waals surface area (Å²) in [6.07, 6.45) is -0.798. The molecule has 0 radical (unpaired) electrons. The molecule has 3 aromatic rings. The van der Waals surface area contributed by atoms with Gasteiger partial charge in [-0.1, -0.05) is 72.8 Å². The molecule has 0 saturated carbocycles. The molecule has 216 valence electrons. The van der Waals surface area contributed by atoms with Crippen molar-refractivity contribution in [2.45, 2.75) is 37.8 Å². The van der Waals surface area contributed by atoms with E-state index in [1.54, 1.807) is 0 Å². The number of likely N-dealkylation sites (tertiary alicyclic amines) is 1. The first-order valence-electron chi connectivity index (χ1n) is 14.1. The van der Waals surface area contributed by atoms with Crippen LogP contribution < -0.4 is 5.48 Å². The Kier molecular flexibility index (Phi) is 7.52. The highest BCUT2D eigenvalue weighted by Crippen LogP contribution is 2.44. The third-order valence-electron chi connectivity index (χ3n) is 8.47. The molecule has 10 heteroatoms. The number of fused-ring (bicyclic) bond motifs is 4. The average Bonchev–Trinajstić information content (AvgIpc) is 3.35. The SMILES string of the molecule is O=C(ONC(=O)C1Cc2ccccc2CN1C(=O)OCC1c2ccccc2-c2ccccc21)C1CCN(C(=O)O)CC1. The summed E-state index contributed by atoms with van der Waals surface area (Å²) in [4.78, 5) is 58.4. The number of rotatable bonds is 4. The average molecular weight is 570 g/mol. The molecule has 0 bridgehead atoms. The van der Waals surface area contributed by atoms with Gasteiger partial charge in [0, 0.05) is 25.4 Å². The van der Waals surface area contributed by atoms with E-state index in [-0.39, 0.29) is 38.6 Å². The van der Waals surface area contributed by atoms with Crippen molar-refractivity contribution in [2.75, 3.05) is 19.7 Å². The molecule has 1 saturated heterocycles. The highest BCUT2D eigenvalue weighted by atomic mass is 16.7. The summed E-state index contributed by atoms with van der Waals surface area (Å²) in [5.41, 5.74) is 8.51. The highest BCUT2D eigenvalue weighted by Gasteiger charge is 2.38. The van der Waals surface area contributed by atoms with Crippen molar-refractivity contribution < 1.29 is 33.9 Å². The fraction of sp³-hybridized carbons (Fsp3) is 0.312. The number of nitrogens with zero attached hydrogens (tertiary/aromatic N) is 2. The Bertz CT molecular complexity index is 1490. The number of hydroxylamine groups is 1. The van der Waals surface area contributed by atoms with Gasteiger partial charge in [0.05, 0.1) is 12.5 Å². The fourth-order valence-electron chi connectivity index (χ4n) is 6.18. The van der Waals surface area contributed by atoms with Crippen LogP contribution in [0, 0.1) is 5.92 Å². The molecule has 1 unspecified atom stereocenters. The number of carbonyl (C=O) groups excluding carboxylic acids is 3. The summed E-state index contributed by atoms with van der Waals surface area (Å²) in [6, 6.07) is 22.8. The summed E-state index contributed by atoms with van der Waals surface area (Å²) in [6.45, 7) is 0.728. The lowest BCUT2D eigenvalue weighted by molar-refractivity contribution is -0.165. The van der Waals surface area contributed by atoms with E-state index in [9.17, 15) is 19.2 Å². The first-order valence-corrected chi connectivity index (χ1v) is 14.1. The van der Waals surface area contributed by atoms with E-state index in [1.165, 1.54) is 9.80 Å². The number of carbonyl (C=O) groups is 4. The maximum Gasteiger partial charge on any atom is 0.410 e. The van der Waals surface area contributed by atoms with Gasteiger partial charge in [-0.25, -0.2) is 14.4 Å². The number of ether oxygens (including phenoxy) is 1. The predicted molar refractivity (Wildman–Crippen MR) is 151 cm³/mol. The lowest BCUT2D eigenvalue weighted by Crippen LogP contribution is -2.53. The Morgan fingerprint density at radius 1 is 0.833 bits per heavy atom. The second kappa shape index (κ2) is 11.6. The monoisotopic (exact) mass is 569 g/mol. The summed E-state index contributed by atoms with van der Waals surface area (Å²) < 4.78 is 5.87. The molecule has 10 nitrogen and oxygen atoms in total. The molecule has 1 atom stereocenters. The molecule has 2 aliphatic heterocycles. The van der Waals surface area contributed by atoms with Crippen LogP contribution in [0.2, 0.25) is 0 Å². The molecule has 3 aliphatic rings. The predicted octanol–water partition coefficient (Wildman–Crippen LogP) is 4.33. The van der Waals surface area contributed by atoms with E-state index < -0.39 is 36.0 Å². The molecule has 1 aliphatic carbocycles. The summed E-state index contributed by atoms with van der Waals surface area (Å²) in [5, 5.41) is 9.12. The largest absolute Gasteiger partial charge is 0.465 e. The number of benzene rings is 3. The van der Waals surface area contributed by atoms with Crippen molar-refractivity contribution >= 4 is 24.1 Å². The summed E-state index contributed by atoms with van der Waals surface area (Å²) in [7, 11) is 0. The van der Waals surface area contributed by atoms with E-state index in [0.717, 1.165) is 33.4 Å². The smallest absolute Gasteiger partial charge is 0.410 e. The van der Waals surface area contributed by atoms with Gasteiger partial charge >= 0.3 is 18.2 Å². The van der Waals surface area contributed by atoms with Crippen LogP contribution in [0.25, 0.3) is 11.1 Å². The van der Waals surface area contributed by atoms with E-state index >= 15 is 0 Å². The quantitative estimate of drug-likeness (QED) is 0.448. The summed E-state index contributed by atoms with van der Waals surface area (Å²) >= 11 is 0. The van der Waals surface area contributed by atoms with Gasteiger partial charge in [-0.05, 0) is 46.2 Å². The minimum absolute atomic E-state index is 0.114. The Hall–Kier alpha value is -4.86. The number of nitrogens with one attached hydrogen (secondary N) is 1. The normalized spacial score (nSPS) is 18.0. The van der Waals surface area contributed by atoms with E-state index in [4.69, 9.17) is 14.7 Å². The van der Waals surface area contributed by atoms with Crippen LogP contribution in [0.4, 0.5) is 9.59 Å². The van der Waals surface area contributed by atoms with Crippen molar-refractivity contribution in [3.8, 4) is 11.1 Å². The topological polar surface area (TPSA) is 125 Å². The molecular weight excluding hydrogens is 538 g/mol. The zero-order valence-electron chi connectivity index (χ0n) is 22.9. The maximum atomic E-state index is 13.5. The molecule has 0 spiro atoms. The van der Waals surface area contributed by atoms with Gasteiger partial charge in [0.15, 0.2) is 0 Å². The van der Waals surface area contributed by atoms with Crippen LogP contribution in [-0.4, -0.2) is 64.7 Å². The third kappa shape index (κ3) is 5.27. The molecule has 0 aromatic heterocycles. The van der Waals surface area contributed by atoms with Crippen LogP contribution in [-0.2, 0) is 32.1 Å². The zero-order chi connectivity index (χ0) is 29.2. The number of amides is 3. The van der Waals surface area contributed by atoms with Crippen molar-refractivity contribution in [3.05, 3.63) is 95.1 Å². The molecule has 42 heavy (non-hydrogen) atoms. The van der Waals surface area contributed by atoms with Crippen molar-refractivity contribution in [1.82, 2.24) is 15.3 Å². The fourth-order valence-corrected chi connectivity index (χ4v) is 6.18. The van der Waals surface area contributed by atoms with Crippen molar-refractivity contribution in [2.24, 2.45) is 5.92 Å². The number of carboxylic acid groups (broad SMARTS) is 1. The molecule has 3 amide bonds. The van der Waals surface area contributed by atoms with Gasteiger partial charge in [-0.3, -0.25) is 9.69 Å². The first kappa shape index (κ1) is 27.3. The summed E-state index contributed by atoms with van der Waals surface area (Å²) in [5.74, 6) is -1.91. The van der Waals surface area contributed by atoms with Crippen LogP contribution in [0.1, 0.15) is 41.0 Å². The lowest BCUT2D eigenvalue weighted by Gasteiger charge is -2.35. The first-order chi connectivity index (χ1) is 20.4. The van der Waals surface area contributed by atoms with E-state index in [2.05, 4.69) is 17.6 Å². The van der Waals surface area contributed by atoms with E-state index in [1.807, 2.05) is 60.7 Å². The van der Waals surface area contributed by atoms with Gasteiger partial charge in [0.2, 0.25) is 0 Å². The Labute approximate surface area is 242 Å². The van der Waals surface area contributed by atoms with Crippen molar-refractivity contribution in [3.63, 3.8) is 0 Å². The number of hydrogen-bond donors (Lipinski definition) is 2. The number of hydrogen-bond acceptors (Lipinski definition) is 6. The van der Waals surface area contributed by atoms with Gasteiger partial charge in [-0.15, -0.1) is 0 Å². The molecule has 1 fully saturated rings. The van der Waals surface area contributed by atoms with Gasteiger partial charge in [0.1, 0.15) is 12.6 Å². The third-order valence-corrected chi connectivity index (χ3v) is 8.47. The maximum absolute atomic E-state index is 13.5. The molecule has 6 rings (SSSR count). The highest BCUT2D eigenvalue weighted by molar-refractivity contribution is 5.87. The van der Waals surface area contributed by atoms with Crippen LogP contribution >= 0.6 is 0 Å². The van der Waals surface area contributed by atoms with Crippen molar-refractivity contribution in [1.29, 1.82) is 0 Å². The van der Waals surface area contributed by atoms with Gasteiger partial charge in [0.25, 0.3) is 5.91 Å². The Morgan fingerprint density at radius 3 is 2.07 bits per heavy atom.